The molecule has 1 N–H and O–H groups in total. The van der Waals surface area contributed by atoms with Crippen molar-refractivity contribution in [2.75, 3.05) is 5.88 Å². The van der Waals surface area contributed by atoms with Gasteiger partial charge in [0.15, 0.2) is 0 Å². The predicted molar refractivity (Wildman–Crippen MR) is 66.0 cm³/mol. The van der Waals surface area contributed by atoms with E-state index in [-0.39, 0.29) is 11.9 Å². The van der Waals surface area contributed by atoms with E-state index in [4.69, 9.17) is 11.6 Å². The highest BCUT2D eigenvalue weighted by molar-refractivity contribution is 7.07. The van der Waals surface area contributed by atoms with Crippen LogP contribution in [0.3, 0.4) is 0 Å². The highest BCUT2D eigenvalue weighted by Crippen LogP contribution is 2.25. The zero-order chi connectivity index (χ0) is 11.4. The van der Waals surface area contributed by atoms with Gasteiger partial charge in [-0.2, -0.15) is 0 Å². The molecule has 16 heavy (non-hydrogen) atoms. The van der Waals surface area contributed by atoms with E-state index in [0.29, 0.717) is 17.5 Å². The molecule has 0 aliphatic heterocycles. The summed E-state index contributed by atoms with van der Waals surface area (Å²) in [6, 6.07) is 0.223. The number of nitrogens with zero attached hydrogens (tertiary/aromatic N) is 1. The second-order valence-corrected chi connectivity index (χ2v) is 5.18. The summed E-state index contributed by atoms with van der Waals surface area (Å²) in [4.78, 5) is 15.8. The van der Waals surface area contributed by atoms with Crippen molar-refractivity contribution in [2.24, 2.45) is 5.92 Å². The minimum atomic E-state index is -0.0664. The summed E-state index contributed by atoms with van der Waals surface area (Å²) in [7, 11) is 0. The Hall–Kier alpha value is -0.610. The van der Waals surface area contributed by atoms with Crippen LogP contribution in [0.4, 0.5) is 0 Å². The Morgan fingerprint density at radius 1 is 1.56 bits per heavy atom. The van der Waals surface area contributed by atoms with Gasteiger partial charge in [-0.25, -0.2) is 4.98 Å². The molecule has 0 bridgehead atoms. The number of thiazole rings is 1. The van der Waals surface area contributed by atoms with Gasteiger partial charge in [0.2, 0.25) is 0 Å². The zero-order valence-electron chi connectivity index (χ0n) is 8.99. The van der Waals surface area contributed by atoms with Crippen LogP contribution in [0, 0.1) is 5.92 Å². The molecule has 2 rings (SSSR count). The van der Waals surface area contributed by atoms with E-state index in [9.17, 15) is 4.79 Å². The van der Waals surface area contributed by atoms with Gasteiger partial charge in [-0.05, 0) is 18.8 Å². The lowest BCUT2D eigenvalue weighted by atomic mass is 9.86. The number of rotatable bonds is 3. The van der Waals surface area contributed by atoms with Crippen molar-refractivity contribution >= 4 is 28.8 Å². The van der Waals surface area contributed by atoms with Crippen molar-refractivity contribution in [3.63, 3.8) is 0 Å². The second kappa shape index (κ2) is 5.64. The molecule has 1 aromatic heterocycles. The average molecular weight is 259 g/mol. The van der Waals surface area contributed by atoms with E-state index in [2.05, 4.69) is 10.3 Å². The lowest BCUT2D eigenvalue weighted by Gasteiger charge is -2.30. The first kappa shape index (κ1) is 11.9. The number of amides is 1. The molecular weight excluding hydrogens is 244 g/mol. The summed E-state index contributed by atoms with van der Waals surface area (Å²) in [5, 5.41) is 4.81. The van der Waals surface area contributed by atoms with Crippen molar-refractivity contribution in [3.8, 4) is 0 Å². The summed E-state index contributed by atoms with van der Waals surface area (Å²) in [6.45, 7) is 0. The molecule has 1 aliphatic rings. The monoisotopic (exact) mass is 258 g/mol. The molecule has 1 amide bonds. The minimum absolute atomic E-state index is 0.0664. The fourth-order valence-corrected chi connectivity index (χ4v) is 3.05. The fourth-order valence-electron chi connectivity index (χ4n) is 2.15. The highest BCUT2D eigenvalue weighted by Gasteiger charge is 2.26. The van der Waals surface area contributed by atoms with E-state index in [0.717, 1.165) is 12.8 Å². The largest absolute Gasteiger partial charge is 0.348 e. The molecule has 88 valence electrons. The third kappa shape index (κ3) is 2.74. The predicted octanol–water partition coefficient (Wildman–Crippen LogP) is 2.67. The molecular formula is C11H15ClN2OS. The number of hydrogen-bond acceptors (Lipinski definition) is 3. The van der Waals surface area contributed by atoms with Crippen molar-refractivity contribution in [1.82, 2.24) is 10.3 Å². The molecule has 2 unspecified atom stereocenters. The minimum Gasteiger partial charge on any atom is -0.348 e. The molecule has 1 aliphatic carbocycles. The van der Waals surface area contributed by atoms with E-state index in [1.165, 1.54) is 24.2 Å². The smallest absolute Gasteiger partial charge is 0.270 e. The second-order valence-electron chi connectivity index (χ2n) is 4.15. The average Bonchev–Trinajstić information content (AvgIpc) is 2.83. The Morgan fingerprint density at radius 3 is 3.06 bits per heavy atom. The van der Waals surface area contributed by atoms with Gasteiger partial charge in [0.1, 0.15) is 5.69 Å². The normalized spacial score (nSPS) is 25.3. The summed E-state index contributed by atoms with van der Waals surface area (Å²) in [5.74, 6) is 0.975. The Morgan fingerprint density at radius 2 is 2.38 bits per heavy atom. The summed E-state index contributed by atoms with van der Waals surface area (Å²) in [6.07, 6.45) is 4.55. The number of carbonyl (C=O) groups is 1. The van der Waals surface area contributed by atoms with Crippen LogP contribution in [0.15, 0.2) is 10.9 Å². The molecule has 2 atom stereocenters. The lowest BCUT2D eigenvalue weighted by molar-refractivity contribution is 0.0907. The van der Waals surface area contributed by atoms with Crippen LogP contribution >= 0.6 is 22.9 Å². The van der Waals surface area contributed by atoms with Gasteiger partial charge in [0.05, 0.1) is 5.51 Å². The molecule has 1 aromatic rings. The first-order valence-electron chi connectivity index (χ1n) is 5.56. The summed E-state index contributed by atoms with van der Waals surface area (Å²) < 4.78 is 0. The molecule has 0 saturated heterocycles. The molecule has 1 fully saturated rings. The number of nitrogens with one attached hydrogen (secondary N) is 1. The standard InChI is InChI=1S/C11H15ClN2OS/c12-5-8-3-1-2-4-9(8)14-11(15)10-6-16-7-13-10/h6-9H,1-5H2,(H,14,15). The van der Waals surface area contributed by atoms with Crippen LogP contribution in [0.1, 0.15) is 36.2 Å². The van der Waals surface area contributed by atoms with Crippen LogP contribution in [0.2, 0.25) is 0 Å². The van der Waals surface area contributed by atoms with Gasteiger partial charge in [-0.15, -0.1) is 22.9 Å². The molecule has 3 nitrogen and oxygen atoms in total. The van der Waals surface area contributed by atoms with Crippen molar-refractivity contribution in [1.29, 1.82) is 0 Å². The number of alkyl halides is 1. The van der Waals surface area contributed by atoms with Gasteiger partial charge in [0, 0.05) is 17.3 Å². The third-order valence-electron chi connectivity index (χ3n) is 3.09. The van der Waals surface area contributed by atoms with Gasteiger partial charge in [0.25, 0.3) is 5.91 Å². The van der Waals surface area contributed by atoms with Crippen molar-refractivity contribution in [3.05, 3.63) is 16.6 Å². The number of hydrogen-bond donors (Lipinski definition) is 1. The van der Waals surface area contributed by atoms with E-state index in [1.807, 2.05) is 0 Å². The number of halogens is 1. The Balaban J connectivity index is 1.95. The van der Waals surface area contributed by atoms with E-state index in [1.54, 1.807) is 10.9 Å². The summed E-state index contributed by atoms with van der Waals surface area (Å²) in [5.41, 5.74) is 2.19. The fraction of sp³-hybridized carbons (Fsp3) is 0.636. The molecule has 0 radical (unpaired) electrons. The quantitative estimate of drug-likeness (QED) is 0.847. The first-order chi connectivity index (χ1) is 7.81. The van der Waals surface area contributed by atoms with Crippen LogP contribution in [0.25, 0.3) is 0 Å². The summed E-state index contributed by atoms with van der Waals surface area (Å²) >= 11 is 7.36. The maximum absolute atomic E-state index is 11.8. The van der Waals surface area contributed by atoms with E-state index >= 15 is 0 Å². The van der Waals surface area contributed by atoms with Crippen LogP contribution in [-0.2, 0) is 0 Å². The maximum Gasteiger partial charge on any atom is 0.270 e. The Labute approximate surface area is 104 Å². The van der Waals surface area contributed by atoms with Crippen LogP contribution in [0.5, 0.6) is 0 Å². The van der Waals surface area contributed by atoms with Gasteiger partial charge >= 0.3 is 0 Å². The van der Waals surface area contributed by atoms with E-state index < -0.39 is 0 Å². The molecule has 1 saturated carbocycles. The first-order valence-corrected chi connectivity index (χ1v) is 7.04. The van der Waals surface area contributed by atoms with Crippen molar-refractivity contribution < 1.29 is 4.79 Å². The van der Waals surface area contributed by atoms with Crippen LogP contribution in [-0.4, -0.2) is 22.8 Å². The van der Waals surface area contributed by atoms with Gasteiger partial charge in [-0.3, -0.25) is 4.79 Å². The topological polar surface area (TPSA) is 42.0 Å². The number of carbonyl (C=O) groups excluding carboxylic acids is 1. The molecule has 5 heteroatoms. The maximum atomic E-state index is 11.8. The molecule has 1 heterocycles. The van der Waals surface area contributed by atoms with Crippen molar-refractivity contribution in [2.45, 2.75) is 31.7 Å². The zero-order valence-corrected chi connectivity index (χ0v) is 10.6. The third-order valence-corrected chi connectivity index (χ3v) is 4.07. The SMILES string of the molecule is O=C(NC1CCCCC1CCl)c1cscn1. The van der Waals surface area contributed by atoms with Gasteiger partial charge < -0.3 is 5.32 Å². The lowest BCUT2D eigenvalue weighted by Crippen LogP contribution is -2.42. The molecule has 0 spiro atoms. The van der Waals surface area contributed by atoms with Gasteiger partial charge in [-0.1, -0.05) is 12.8 Å². The Bertz CT molecular complexity index is 342. The Kier molecular flexibility index (Phi) is 4.18. The van der Waals surface area contributed by atoms with Crippen LogP contribution < -0.4 is 5.32 Å². The molecule has 0 aromatic carbocycles. The highest BCUT2D eigenvalue weighted by atomic mass is 35.5. The number of aromatic nitrogens is 1.